The fraction of sp³-hybridized carbons (Fsp3) is 0.231. The molecule has 17 heavy (non-hydrogen) atoms. The van der Waals surface area contributed by atoms with Crippen LogP contribution in [0.15, 0.2) is 24.3 Å². The highest BCUT2D eigenvalue weighted by molar-refractivity contribution is 6.31. The number of nitriles is 1. The van der Waals surface area contributed by atoms with Crippen LogP contribution in [-0.2, 0) is 11.2 Å². The van der Waals surface area contributed by atoms with Gasteiger partial charge in [0.2, 0.25) is 5.91 Å². The maximum atomic E-state index is 11.9. The van der Waals surface area contributed by atoms with Crippen molar-refractivity contribution in [1.29, 1.82) is 5.26 Å². The second-order valence-electron chi connectivity index (χ2n) is 3.38. The number of halogens is 1. The van der Waals surface area contributed by atoms with E-state index in [0.717, 1.165) is 5.56 Å². The summed E-state index contributed by atoms with van der Waals surface area (Å²) in [6.07, 6.45) is 5.30. The first-order chi connectivity index (χ1) is 8.19. The molecule has 1 aromatic rings. The zero-order chi connectivity index (χ0) is 12.7. The smallest absolute Gasteiger partial charge is 0.228 e. The molecule has 0 fully saturated rings. The van der Waals surface area contributed by atoms with E-state index in [1.807, 2.05) is 12.1 Å². The maximum Gasteiger partial charge on any atom is 0.228 e. The van der Waals surface area contributed by atoms with Crippen molar-refractivity contribution in [3.8, 4) is 18.4 Å². The Morgan fingerprint density at radius 2 is 2.12 bits per heavy atom. The third-order valence-corrected chi connectivity index (χ3v) is 2.56. The number of nitrogens with zero attached hydrogens (tertiary/aromatic N) is 2. The summed E-state index contributed by atoms with van der Waals surface area (Å²) >= 11 is 5.95. The van der Waals surface area contributed by atoms with E-state index < -0.39 is 0 Å². The molecule has 0 spiro atoms. The number of amides is 1. The van der Waals surface area contributed by atoms with E-state index in [0.29, 0.717) is 5.02 Å². The van der Waals surface area contributed by atoms with Gasteiger partial charge in [0.05, 0.1) is 19.0 Å². The van der Waals surface area contributed by atoms with E-state index in [1.54, 1.807) is 18.2 Å². The average Bonchev–Trinajstić information content (AvgIpc) is 2.32. The zero-order valence-corrected chi connectivity index (χ0v) is 9.94. The van der Waals surface area contributed by atoms with E-state index in [1.165, 1.54) is 4.90 Å². The first kappa shape index (κ1) is 13.1. The fourth-order valence-electron chi connectivity index (χ4n) is 1.34. The molecule has 0 aliphatic heterocycles. The predicted molar refractivity (Wildman–Crippen MR) is 66.2 cm³/mol. The van der Waals surface area contributed by atoms with Crippen LogP contribution in [0.3, 0.4) is 0 Å². The number of carbonyl (C=O) groups is 1. The van der Waals surface area contributed by atoms with Crippen LogP contribution < -0.4 is 0 Å². The molecule has 86 valence electrons. The number of rotatable bonds is 4. The molecule has 1 rings (SSSR count). The Morgan fingerprint density at radius 3 is 2.71 bits per heavy atom. The van der Waals surface area contributed by atoms with Crippen molar-refractivity contribution in [3.63, 3.8) is 0 Å². The quantitative estimate of drug-likeness (QED) is 0.601. The number of carbonyl (C=O) groups excluding carboxylic acids is 1. The van der Waals surface area contributed by atoms with Crippen LogP contribution in [-0.4, -0.2) is 23.9 Å². The Labute approximate surface area is 106 Å². The third kappa shape index (κ3) is 3.83. The summed E-state index contributed by atoms with van der Waals surface area (Å²) in [7, 11) is 0. The van der Waals surface area contributed by atoms with Gasteiger partial charge in [-0.15, -0.1) is 6.42 Å². The Hall–Kier alpha value is -1.97. The van der Waals surface area contributed by atoms with E-state index in [9.17, 15) is 4.79 Å². The third-order valence-electron chi connectivity index (χ3n) is 2.20. The van der Waals surface area contributed by atoms with Gasteiger partial charge in [0.25, 0.3) is 0 Å². The molecular formula is C13H11ClN2O. The van der Waals surface area contributed by atoms with Crippen molar-refractivity contribution in [3.05, 3.63) is 34.9 Å². The lowest BCUT2D eigenvalue weighted by molar-refractivity contribution is -0.129. The van der Waals surface area contributed by atoms with Crippen molar-refractivity contribution in [2.45, 2.75) is 6.42 Å². The molecule has 0 aliphatic carbocycles. The molecule has 0 aliphatic rings. The summed E-state index contributed by atoms with van der Waals surface area (Å²) in [6.45, 7) is 0.129. The van der Waals surface area contributed by atoms with Gasteiger partial charge >= 0.3 is 0 Å². The minimum Gasteiger partial charge on any atom is -0.318 e. The SMILES string of the molecule is C#CCN(CC#N)C(=O)Cc1ccccc1Cl. The summed E-state index contributed by atoms with van der Waals surface area (Å²) in [4.78, 5) is 13.2. The van der Waals surface area contributed by atoms with Crippen LogP contribution in [0.5, 0.6) is 0 Å². The summed E-state index contributed by atoms with van der Waals surface area (Å²) < 4.78 is 0. The lowest BCUT2D eigenvalue weighted by atomic mass is 10.1. The number of hydrogen-bond acceptors (Lipinski definition) is 2. The molecule has 0 aromatic heterocycles. The van der Waals surface area contributed by atoms with Crippen molar-refractivity contribution < 1.29 is 4.79 Å². The van der Waals surface area contributed by atoms with Crippen LogP contribution in [0.4, 0.5) is 0 Å². The van der Waals surface area contributed by atoms with E-state index in [-0.39, 0.29) is 25.4 Å². The topological polar surface area (TPSA) is 44.1 Å². The van der Waals surface area contributed by atoms with Crippen molar-refractivity contribution in [2.24, 2.45) is 0 Å². The summed E-state index contributed by atoms with van der Waals surface area (Å²) in [5.41, 5.74) is 0.735. The number of benzene rings is 1. The summed E-state index contributed by atoms with van der Waals surface area (Å²) in [6, 6.07) is 9.02. The first-order valence-electron chi connectivity index (χ1n) is 5.00. The van der Waals surface area contributed by atoms with Crippen molar-refractivity contribution in [1.82, 2.24) is 4.90 Å². The molecule has 0 bridgehead atoms. The number of hydrogen-bond donors (Lipinski definition) is 0. The summed E-state index contributed by atoms with van der Waals surface area (Å²) in [5.74, 6) is 2.16. The molecule has 1 amide bonds. The molecule has 0 unspecified atom stereocenters. The van der Waals surface area contributed by atoms with Gasteiger partial charge in [0.15, 0.2) is 0 Å². The minimum absolute atomic E-state index is 0.00646. The number of terminal acetylenes is 1. The van der Waals surface area contributed by atoms with Crippen LogP contribution in [0.25, 0.3) is 0 Å². The summed E-state index contributed by atoms with van der Waals surface area (Å²) in [5, 5.41) is 9.13. The van der Waals surface area contributed by atoms with Gasteiger partial charge in [0.1, 0.15) is 6.54 Å². The average molecular weight is 247 g/mol. The van der Waals surface area contributed by atoms with Gasteiger partial charge in [-0.1, -0.05) is 35.7 Å². The van der Waals surface area contributed by atoms with E-state index in [4.69, 9.17) is 23.3 Å². The Bertz CT molecular complexity index is 469. The molecular weight excluding hydrogens is 236 g/mol. The molecule has 0 radical (unpaired) electrons. The van der Waals surface area contributed by atoms with E-state index >= 15 is 0 Å². The highest BCUT2D eigenvalue weighted by Gasteiger charge is 2.13. The van der Waals surface area contributed by atoms with Gasteiger partial charge in [-0.25, -0.2) is 0 Å². The Balaban J connectivity index is 2.75. The van der Waals surface area contributed by atoms with Crippen LogP contribution in [0, 0.1) is 23.7 Å². The van der Waals surface area contributed by atoms with Gasteiger partial charge in [-0.05, 0) is 11.6 Å². The molecule has 0 N–H and O–H groups in total. The molecule has 1 aromatic carbocycles. The van der Waals surface area contributed by atoms with Gasteiger partial charge in [-0.3, -0.25) is 4.79 Å². The lowest BCUT2D eigenvalue weighted by Gasteiger charge is -2.16. The Morgan fingerprint density at radius 1 is 1.41 bits per heavy atom. The molecule has 0 saturated carbocycles. The van der Waals surface area contributed by atoms with Crippen LogP contribution in [0.2, 0.25) is 5.02 Å². The van der Waals surface area contributed by atoms with Crippen LogP contribution in [0.1, 0.15) is 5.56 Å². The fourth-order valence-corrected chi connectivity index (χ4v) is 1.55. The monoisotopic (exact) mass is 246 g/mol. The van der Waals surface area contributed by atoms with E-state index in [2.05, 4.69) is 5.92 Å². The first-order valence-corrected chi connectivity index (χ1v) is 5.38. The highest BCUT2D eigenvalue weighted by atomic mass is 35.5. The minimum atomic E-state index is -0.197. The van der Waals surface area contributed by atoms with Gasteiger partial charge in [-0.2, -0.15) is 5.26 Å². The standard InChI is InChI=1S/C13H11ClN2O/c1-2-8-16(9-7-15)13(17)10-11-5-3-4-6-12(11)14/h1,3-6H,8-10H2. The van der Waals surface area contributed by atoms with Gasteiger partial charge < -0.3 is 4.90 Å². The molecule has 0 heterocycles. The molecule has 3 nitrogen and oxygen atoms in total. The Kier molecular flexibility index (Phi) is 5.07. The predicted octanol–water partition coefficient (Wildman–Crippen LogP) is 1.87. The van der Waals surface area contributed by atoms with Crippen molar-refractivity contribution >= 4 is 17.5 Å². The molecule has 4 heteroatoms. The molecule has 0 atom stereocenters. The normalized spacial score (nSPS) is 9.12. The van der Waals surface area contributed by atoms with Gasteiger partial charge in [0, 0.05) is 5.02 Å². The second-order valence-corrected chi connectivity index (χ2v) is 3.79. The highest BCUT2D eigenvalue weighted by Crippen LogP contribution is 2.16. The maximum absolute atomic E-state index is 11.9. The second kappa shape index (κ2) is 6.58. The largest absolute Gasteiger partial charge is 0.318 e. The van der Waals surface area contributed by atoms with Crippen LogP contribution >= 0.6 is 11.6 Å². The van der Waals surface area contributed by atoms with Crippen molar-refractivity contribution in [2.75, 3.05) is 13.1 Å². The molecule has 0 saturated heterocycles. The lowest BCUT2D eigenvalue weighted by Crippen LogP contribution is -2.33. The zero-order valence-electron chi connectivity index (χ0n) is 9.19.